The highest BCUT2D eigenvalue weighted by molar-refractivity contribution is 7.99. The normalized spacial score (nSPS) is 15.2. The first-order valence-electron chi connectivity index (χ1n) is 14.8. The quantitative estimate of drug-likeness (QED) is 0.131. The van der Waals surface area contributed by atoms with E-state index in [9.17, 15) is 9.18 Å². The molecule has 0 atom stereocenters. The van der Waals surface area contributed by atoms with Crippen LogP contribution in [0.25, 0.3) is 11.3 Å². The topological polar surface area (TPSA) is 95.5 Å². The third kappa shape index (κ3) is 9.69. The molecule has 0 aliphatic carbocycles. The molecule has 1 aliphatic rings. The zero-order valence-corrected chi connectivity index (χ0v) is 29.0. The molecule has 3 heterocycles. The number of anilines is 3. The Hall–Kier alpha value is -2.61. The molecular formula is C31H43ClFN7O2SSi. The average Bonchev–Trinajstić information content (AvgIpc) is 3.16. The Labute approximate surface area is 270 Å². The van der Waals surface area contributed by atoms with Crippen molar-refractivity contribution in [3.8, 4) is 11.3 Å². The number of carbonyl (C=O) groups is 1. The first kappa shape index (κ1) is 34.3. The number of thioether (sulfide) groups is 1. The van der Waals surface area contributed by atoms with Crippen molar-refractivity contribution >= 4 is 54.8 Å². The van der Waals surface area contributed by atoms with Crippen LogP contribution in [0.5, 0.6) is 0 Å². The Morgan fingerprint density at radius 2 is 1.91 bits per heavy atom. The first-order valence-corrected chi connectivity index (χ1v) is 19.1. The van der Waals surface area contributed by atoms with E-state index in [2.05, 4.69) is 76.5 Å². The molecule has 0 saturated carbocycles. The summed E-state index contributed by atoms with van der Waals surface area (Å²) in [5, 5.41) is 16.3. The van der Waals surface area contributed by atoms with Crippen LogP contribution in [0, 0.1) is 5.82 Å². The lowest BCUT2D eigenvalue weighted by molar-refractivity contribution is -0.117. The van der Waals surface area contributed by atoms with Crippen LogP contribution in [0.3, 0.4) is 0 Å². The molecule has 2 aromatic heterocycles. The summed E-state index contributed by atoms with van der Waals surface area (Å²) in [7, 11) is 0.215. The van der Waals surface area contributed by atoms with Crippen LogP contribution in [-0.4, -0.2) is 91.3 Å². The van der Waals surface area contributed by atoms with Crippen molar-refractivity contribution in [3.05, 3.63) is 53.4 Å². The molecule has 1 fully saturated rings. The zero-order valence-electron chi connectivity index (χ0n) is 26.4. The van der Waals surface area contributed by atoms with Crippen LogP contribution in [0.1, 0.15) is 27.2 Å². The molecule has 0 spiro atoms. The Morgan fingerprint density at radius 1 is 1.11 bits per heavy atom. The van der Waals surface area contributed by atoms with Crippen LogP contribution < -0.4 is 10.6 Å². The van der Waals surface area contributed by atoms with Gasteiger partial charge in [-0.05, 0) is 75.0 Å². The number of nitrogens with zero attached hydrogens (tertiary/aromatic N) is 5. The van der Waals surface area contributed by atoms with Gasteiger partial charge in [-0.15, -0.1) is 22.0 Å². The van der Waals surface area contributed by atoms with E-state index in [4.69, 9.17) is 16.0 Å². The number of likely N-dealkylation sites (N-methyl/N-ethyl adjacent to an activating group) is 1. The summed E-state index contributed by atoms with van der Waals surface area (Å²) >= 11 is 7.68. The molecular weight excluding hydrogens is 617 g/mol. The number of benzene rings is 1. The van der Waals surface area contributed by atoms with Crippen LogP contribution in [0.2, 0.25) is 23.2 Å². The van der Waals surface area contributed by atoms with Gasteiger partial charge in [0, 0.05) is 54.0 Å². The predicted molar refractivity (Wildman–Crippen MR) is 181 cm³/mol. The summed E-state index contributed by atoms with van der Waals surface area (Å²) in [6.07, 6.45) is 2.66. The van der Waals surface area contributed by atoms with Crippen LogP contribution in [0.4, 0.5) is 21.6 Å². The minimum atomic E-state index is -1.89. The van der Waals surface area contributed by atoms with E-state index in [1.807, 2.05) is 0 Å². The molecule has 238 valence electrons. The number of amides is 1. The fourth-order valence-corrected chi connectivity index (χ4v) is 6.52. The van der Waals surface area contributed by atoms with Crippen molar-refractivity contribution in [2.45, 2.75) is 50.4 Å². The Balaban J connectivity index is 1.50. The smallest absolute Gasteiger partial charge is 0.239 e. The Kier molecular flexibility index (Phi) is 11.8. The summed E-state index contributed by atoms with van der Waals surface area (Å²) in [4.78, 5) is 21.6. The van der Waals surface area contributed by atoms with Crippen LogP contribution in [-0.2, 0) is 9.22 Å². The maximum Gasteiger partial charge on any atom is 0.239 e. The van der Waals surface area contributed by atoms with Gasteiger partial charge in [0.05, 0.1) is 17.9 Å². The molecule has 1 aliphatic heterocycles. The molecule has 1 saturated heterocycles. The van der Waals surface area contributed by atoms with Crippen LogP contribution in [0.15, 0.2) is 47.6 Å². The van der Waals surface area contributed by atoms with Crippen molar-refractivity contribution in [2.24, 2.45) is 0 Å². The highest BCUT2D eigenvalue weighted by atomic mass is 35.5. The summed E-state index contributed by atoms with van der Waals surface area (Å²) in [5.74, 6) is 0.557. The third-order valence-electron chi connectivity index (χ3n) is 8.04. The number of pyridine rings is 1. The molecule has 9 nitrogen and oxygen atoms in total. The minimum absolute atomic E-state index is 0.110. The lowest BCUT2D eigenvalue weighted by Gasteiger charge is -2.36. The Morgan fingerprint density at radius 3 is 2.68 bits per heavy atom. The lowest BCUT2D eigenvalue weighted by atomic mass is 10.1. The summed E-state index contributed by atoms with van der Waals surface area (Å²) < 4.78 is 21.1. The van der Waals surface area contributed by atoms with Crippen LogP contribution >= 0.6 is 23.4 Å². The summed E-state index contributed by atoms with van der Waals surface area (Å²) in [5.41, 5.74) is 1.94. The first-order chi connectivity index (χ1) is 20.8. The maximum atomic E-state index is 14.7. The van der Waals surface area contributed by atoms with Crippen molar-refractivity contribution in [2.75, 3.05) is 62.8 Å². The van der Waals surface area contributed by atoms with Gasteiger partial charge in [0.25, 0.3) is 0 Å². The van der Waals surface area contributed by atoms with E-state index >= 15 is 0 Å². The summed E-state index contributed by atoms with van der Waals surface area (Å²) in [6, 6.07) is 9.67. The monoisotopic (exact) mass is 659 g/mol. The number of aromatic nitrogens is 3. The molecule has 13 heteroatoms. The lowest BCUT2D eigenvalue weighted by Crippen LogP contribution is -2.41. The van der Waals surface area contributed by atoms with E-state index in [-0.39, 0.29) is 16.5 Å². The molecule has 0 unspecified atom stereocenters. The van der Waals surface area contributed by atoms with Gasteiger partial charge in [-0.1, -0.05) is 32.4 Å². The van der Waals surface area contributed by atoms with Gasteiger partial charge >= 0.3 is 0 Å². The van der Waals surface area contributed by atoms with Gasteiger partial charge in [-0.2, -0.15) is 0 Å². The molecule has 44 heavy (non-hydrogen) atoms. The van der Waals surface area contributed by atoms with E-state index < -0.39 is 14.1 Å². The van der Waals surface area contributed by atoms with Gasteiger partial charge in [-0.3, -0.25) is 9.69 Å². The second-order valence-electron chi connectivity index (χ2n) is 12.6. The van der Waals surface area contributed by atoms with Gasteiger partial charge in [0.2, 0.25) is 5.91 Å². The minimum Gasteiger partial charge on any atom is -0.416 e. The van der Waals surface area contributed by atoms with Gasteiger partial charge in [0.15, 0.2) is 8.32 Å². The molecule has 0 bridgehead atoms. The number of hydrogen-bond donors (Lipinski definition) is 2. The molecule has 1 aromatic carbocycles. The Bertz CT molecular complexity index is 1440. The average molecular weight is 660 g/mol. The standard InChI is InChI=1S/C31H43ClFN7O2SSi/c1-31(2,3)44(5,6)42-16-17-43-30-27(20-26(37-38-30)24-18-22(32)8-9-25(24)33)35-23-10-11-34-28(19-23)36-29(41)21-40-13-7-12-39(4)14-15-40/h8-11,18-20H,7,12-17,21H2,1-6H3,(H2,34,35,36,37,41). The number of halogens is 2. The van der Waals surface area contributed by atoms with Crippen molar-refractivity contribution < 1.29 is 13.6 Å². The number of nitrogens with one attached hydrogen (secondary N) is 2. The molecule has 0 radical (unpaired) electrons. The number of carbonyl (C=O) groups excluding carboxylic acids is 1. The van der Waals surface area contributed by atoms with Gasteiger partial charge in [-0.25, -0.2) is 9.37 Å². The second-order valence-corrected chi connectivity index (χ2v) is 18.9. The maximum absolute atomic E-state index is 14.7. The molecule has 1 amide bonds. The third-order valence-corrected chi connectivity index (χ3v) is 13.8. The fraction of sp³-hybridized carbons (Fsp3) is 0.484. The van der Waals surface area contributed by atoms with Crippen molar-refractivity contribution in [1.29, 1.82) is 0 Å². The van der Waals surface area contributed by atoms with E-state index in [1.165, 1.54) is 30.0 Å². The fourth-order valence-electron chi connectivity index (χ4n) is 4.43. The second kappa shape index (κ2) is 15.1. The number of rotatable bonds is 11. The van der Waals surface area contributed by atoms with Gasteiger partial charge in [0.1, 0.15) is 16.7 Å². The predicted octanol–water partition coefficient (Wildman–Crippen LogP) is 6.76. The van der Waals surface area contributed by atoms with E-state index in [1.54, 1.807) is 24.4 Å². The van der Waals surface area contributed by atoms with Crippen molar-refractivity contribution in [3.63, 3.8) is 0 Å². The molecule has 4 rings (SSSR count). The van der Waals surface area contributed by atoms with Gasteiger partial charge < -0.3 is 20.0 Å². The molecule has 3 aromatic rings. The molecule has 2 N–H and O–H groups in total. The number of hydrogen-bond acceptors (Lipinski definition) is 9. The highest BCUT2D eigenvalue weighted by Crippen LogP contribution is 2.37. The SMILES string of the molecule is CN1CCCN(CC(=O)Nc2cc(Nc3cc(-c4cc(Cl)ccc4F)nnc3SCCO[Si](C)(C)C(C)(C)C)ccn2)CC1. The van der Waals surface area contributed by atoms with E-state index in [0.717, 1.165) is 32.6 Å². The zero-order chi connectivity index (χ0) is 31.9. The van der Waals surface area contributed by atoms with Crippen molar-refractivity contribution in [1.82, 2.24) is 25.0 Å². The van der Waals surface area contributed by atoms with E-state index in [0.29, 0.717) is 51.8 Å². The summed E-state index contributed by atoms with van der Waals surface area (Å²) in [6.45, 7) is 15.7. The largest absolute Gasteiger partial charge is 0.416 e. The highest BCUT2D eigenvalue weighted by Gasteiger charge is 2.36.